The van der Waals surface area contributed by atoms with Crippen LogP contribution in [-0.4, -0.2) is 41.2 Å². The summed E-state index contributed by atoms with van der Waals surface area (Å²) in [4.78, 5) is 17.9. The number of halogens is 1. The molecule has 126 valence electrons. The molecule has 2 rings (SSSR count). The molecule has 0 aliphatic carbocycles. The minimum Gasteiger partial charge on any atom is -0.496 e. The van der Waals surface area contributed by atoms with Crippen LogP contribution in [0.5, 0.6) is 5.75 Å². The largest absolute Gasteiger partial charge is 0.496 e. The first-order valence-corrected chi connectivity index (χ1v) is 7.83. The van der Waals surface area contributed by atoms with Crippen LogP contribution in [0.15, 0.2) is 48.7 Å². The maximum absolute atomic E-state index is 12.4. The first-order valence-electron chi connectivity index (χ1n) is 7.45. The van der Waals surface area contributed by atoms with Gasteiger partial charge in [-0.3, -0.25) is 4.79 Å². The number of hydrogen-bond donors (Lipinski definition) is 1. The highest BCUT2D eigenvalue weighted by atomic mass is 35.5. The zero-order valence-electron chi connectivity index (χ0n) is 13.4. The van der Waals surface area contributed by atoms with E-state index in [4.69, 9.17) is 16.3 Å². The molecule has 0 fully saturated rings. The Bertz CT molecular complexity index is 719. The molecule has 2 aromatic rings. The number of carbonyl (C=O) groups is 1. The Morgan fingerprint density at radius 3 is 2.88 bits per heavy atom. The number of nitrogens with zero attached hydrogens (tertiary/aromatic N) is 2. The molecule has 5 nitrogen and oxygen atoms in total. The molecule has 1 amide bonds. The fourth-order valence-corrected chi connectivity index (χ4v) is 2.40. The van der Waals surface area contributed by atoms with Crippen molar-refractivity contribution in [1.82, 2.24) is 9.88 Å². The van der Waals surface area contributed by atoms with Gasteiger partial charge < -0.3 is 14.7 Å². The molecule has 0 saturated heterocycles. The topological polar surface area (TPSA) is 62.7 Å². The predicted octanol–water partition coefficient (Wildman–Crippen LogP) is 2.78. The second kappa shape index (κ2) is 9.05. The molecule has 1 N–H and O–H groups in total. The van der Waals surface area contributed by atoms with Crippen LogP contribution in [0.3, 0.4) is 0 Å². The van der Waals surface area contributed by atoms with E-state index in [9.17, 15) is 9.90 Å². The number of ether oxygens (including phenoxy) is 1. The van der Waals surface area contributed by atoms with Gasteiger partial charge in [-0.2, -0.15) is 0 Å². The molecule has 0 saturated carbocycles. The zero-order chi connectivity index (χ0) is 17.4. The van der Waals surface area contributed by atoms with Gasteiger partial charge in [0.15, 0.2) is 0 Å². The summed E-state index contributed by atoms with van der Waals surface area (Å²) in [6.45, 7) is 0.471. The highest BCUT2D eigenvalue weighted by Gasteiger charge is 2.13. The van der Waals surface area contributed by atoms with E-state index in [0.29, 0.717) is 17.4 Å². The summed E-state index contributed by atoms with van der Waals surface area (Å²) >= 11 is 5.83. The van der Waals surface area contributed by atoms with E-state index in [1.54, 1.807) is 36.4 Å². The lowest BCUT2D eigenvalue weighted by Crippen LogP contribution is -2.31. The van der Waals surface area contributed by atoms with E-state index in [1.165, 1.54) is 6.08 Å². The Labute approximate surface area is 146 Å². The lowest BCUT2D eigenvalue weighted by atomic mass is 10.2. The van der Waals surface area contributed by atoms with Gasteiger partial charge in [0, 0.05) is 30.9 Å². The lowest BCUT2D eigenvalue weighted by molar-refractivity contribution is -0.127. The lowest BCUT2D eigenvalue weighted by Gasteiger charge is -2.21. The van der Waals surface area contributed by atoms with Gasteiger partial charge in [-0.15, -0.1) is 0 Å². The number of carbonyl (C=O) groups excluding carboxylic acids is 1. The van der Waals surface area contributed by atoms with Gasteiger partial charge >= 0.3 is 0 Å². The van der Waals surface area contributed by atoms with E-state index in [2.05, 4.69) is 4.98 Å². The minimum absolute atomic E-state index is 0.115. The molecule has 0 spiro atoms. The van der Waals surface area contributed by atoms with Crippen LogP contribution in [0.1, 0.15) is 11.1 Å². The van der Waals surface area contributed by atoms with Crippen LogP contribution in [-0.2, 0) is 11.3 Å². The van der Waals surface area contributed by atoms with Gasteiger partial charge in [0.1, 0.15) is 10.9 Å². The second-order valence-electron chi connectivity index (χ2n) is 5.04. The molecular weight excluding hydrogens is 328 g/mol. The molecule has 24 heavy (non-hydrogen) atoms. The van der Waals surface area contributed by atoms with Gasteiger partial charge in [-0.25, -0.2) is 4.98 Å². The third-order valence-corrected chi connectivity index (χ3v) is 3.61. The Hall–Kier alpha value is -2.37. The third-order valence-electron chi connectivity index (χ3n) is 3.40. The van der Waals surface area contributed by atoms with Gasteiger partial charge in [0.2, 0.25) is 5.91 Å². The maximum Gasteiger partial charge on any atom is 0.246 e. The molecular formula is C18H19ClN2O3. The van der Waals surface area contributed by atoms with Crippen molar-refractivity contribution < 1.29 is 14.6 Å². The molecule has 0 aliphatic heterocycles. The highest BCUT2D eigenvalue weighted by molar-refractivity contribution is 6.29. The van der Waals surface area contributed by atoms with Crippen molar-refractivity contribution >= 4 is 23.6 Å². The number of hydrogen-bond acceptors (Lipinski definition) is 4. The number of rotatable bonds is 7. The van der Waals surface area contributed by atoms with Crippen molar-refractivity contribution in [3.05, 3.63) is 65.0 Å². The van der Waals surface area contributed by atoms with Crippen LogP contribution in [0, 0.1) is 0 Å². The van der Waals surface area contributed by atoms with Crippen molar-refractivity contribution in [1.29, 1.82) is 0 Å². The van der Waals surface area contributed by atoms with Gasteiger partial charge in [-0.05, 0) is 29.8 Å². The quantitative estimate of drug-likeness (QED) is 0.618. The van der Waals surface area contributed by atoms with Crippen LogP contribution in [0.25, 0.3) is 6.08 Å². The van der Waals surface area contributed by atoms with E-state index in [1.807, 2.05) is 24.3 Å². The second-order valence-corrected chi connectivity index (χ2v) is 5.43. The molecule has 1 aromatic heterocycles. The number of methoxy groups -OCH3 is 1. The summed E-state index contributed by atoms with van der Waals surface area (Å²) < 4.78 is 5.31. The average molecular weight is 347 g/mol. The van der Waals surface area contributed by atoms with Crippen LogP contribution in [0.2, 0.25) is 5.15 Å². The Balaban J connectivity index is 2.13. The van der Waals surface area contributed by atoms with Gasteiger partial charge in [0.25, 0.3) is 0 Å². The normalized spacial score (nSPS) is 10.8. The third kappa shape index (κ3) is 5.08. The molecule has 1 aromatic carbocycles. The summed E-state index contributed by atoms with van der Waals surface area (Å²) in [5, 5.41) is 9.60. The maximum atomic E-state index is 12.4. The molecule has 0 bridgehead atoms. The summed E-state index contributed by atoms with van der Waals surface area (Å²) in [6.07, 6.45) is 4.70. The zero-order valence-corrected chi connectivity index (χ0v) is 14.1. The van der Waals surface area contributed by atoms with Crippen LogP contribution >= 0.6 is 11.6 Å². The van der Waals surface area contributed by atoms with E-state index >= 15 is 0 Å². The van der Waals surface area contributed by atoms with Crippen LogP contribution < -0.4 is 4.74 Å². The fraction of sp³-hybridized carbons (Fsp3) is 0.222. The Morgan fingerprint density at radius 1 is 1.38 bits per heavy atom. The first-order chi connectivity index (χ1) is 11.6. The van der Waals surface area contributed by atoms with Crippen molar-refractivity contribution in [2.24, 2.45) is 0 Å². The Kier molecular flexibility index (Phi) is 6.78. The number of aliphatic hydroxyl groups is 1. The smallest absolute Gasteiger partial charge is 0.246 e. The van der Waals surface area contributed by atoms with Crippen molar-refractivity contribution in [3.8, 4) is 5.75 Å². The fourth-order valence-electron chi connectivity index (χ4n) is 2.22. The average Bonchev–Trinajstić information content (AvgIpc) is 2.60. The summed E-state index contributed by atoms with van der Waals surface area (Å²) in [5.74, 6) is 0.501. The number of benzene rings is 1. The van der Waals surface area contributed by atoms with Crippen molar-refractivity contribution in [2.45, 2.75) is 6.54 Å². The molecule has 0 radical (unpaired) electrons. The van der Waals surface area contributed by atoms with Crippen molar-refractivity contribution in [3.63, 3.8) is 0 Å². The first kappa shape index (κ1) is 18.0. The van der Waals surface area contributed by atoms with Gasteiger partial charge in [0.05, 0.1) is 13.7 Å². The minimum atomic E-state index is -0.206. The van der Waals surface area contributed by atoms with E-state index in [-0.39, 0.29) is 19.1 Å². The number of pyridine rings is 1. The molecule has 6 heteroatoms. The monoisotopic (exact) mass is 346 g/mol. The Morgan fingerprint density at radius 2 is 2.17 bits per heavy atom. The van der Waals surface area contributed by atoms with E-state index < -0.39 is 0 Å². The van der Waals surface area contributed by atoms with E-state index in [0.717, 1.165) is 11.1 Å². The predicted molar refractivity (Wildman–Crippen MR) is 93.8 cm³/mol. The number of aliphatic hydroxyl groups excluding tert-OH is 1. The molecule has 1 heterocycles. The number of aromatic nitrogens is 1. The molecule has 0 unspecified atom stereocenters. The highest BCUT2D eigenvalue weighted by Crippen LogP contribution is 2.19. The van der Waals surface area contributed by atoms with Crippen LogP contribution in [0.4, 0.5) is 0 Å². The molecule has 0 aliphatic rings. The number of para-hydroxylation sites is 1. The standard InChI is InChI=1S/C18H19ClN2O3/c1-24-16-5-3-2-4-15(16)13-21(10-11-22)18(23)7-6-14-8-9-20-17(19)12-14/h2-9,12,22H,10-11,13H2,1H3/b7-6+. The SMILES string of the molecule is COc1ccccc1CN(CCO)C(=O)/C=C/c1ccnc(Cl)c1. The summed E-state index contributed by atoms with van der Waals surface area (Å²) in [5.41, 5.74) is 1.66. The van der Waals surface area contributed by atoms with Gasteiger partial charge in [-0.1, -0.05) is 29.8 Å². The number of amides is 1. The summed E-state index contributed by atoms with van der Waals surface area (Å²) in [7, 11) is 1.59. The molecule has 0 atom stereocenters. The van der Waals surface area contributed by atoms with Crippen molar-refractivity contribution in [2.75, 3.05) is 20.3 Å². The summed E-state index contributed by atoms with van der Waals surface area (Å²) in [6, 6.07) is 10.9.